The third kappa shape index (κ3) is 4.65. The minimum atomic E-state index is -0.441. The van der Waals surface area contributed by atoms with Crippen molar-refractivity contribution in [3.63, 3.8) is 0 Å². The fraction of sp³-hybridized carbons (Fsp3) is 0.263. The Morgan fingerprint density at radius 1 is 1.21 bits per heavy atom. The molecule has 0 spiro atoms. The van der Waals surface area contributed by atoms with Crippen LogP contribution in [0, 0.1) is 13.8 Å². The Labute approximate surface area is 167 Å². The smallest absolute Gasteiger partial charge is 0.275 e. The summed E-state index contributed by atoms with van der Waals surface area (Å²) in [6.07, 6.45) is 1.50. The van der Waals surface area contributed by atoms with Crippen molar-refractivity contribution in [3.05, 3.63) is 58.6 Å². The maximum Gasteiger partial charge on any atom is 0.275 e. The van der Waals surface area contributed by atoms with Crippen LogP contribution in [-0.2, 0) is 4.74 Å². The van der Waals surface area contributed by atoms with Gasteiger partial charge in [-0.1, -0.05) is 11.6 Å². The predicted octanol–water partition coefficient (Wildman–Crippen LogP) is 3.21. The lowest BCUT2D eigenvalue weighted by molar-refractivity contribution is 0.102. The fourth-order valence-electron chi connectivity index (χ4n) is 2.53. The minimum Gasteiger partial charge on any atom is -0.475 e. The van der Waals surface area contributed by atoms with Crippen molar-refractivity contribution < 1.29 is 14.3 Å². The second kappa shape index (κ2) is 8.81. The zero-order chi connectivity index (χ0) is 20.1. The molecule has 0 unspecified atom stereocenters. The number of amides is 1. The Morgan fingerprint density at radius 2 is 2.04 bits per heavy atom. The van der Waals surface area contributed by atoms with E-state index >= 15 is 0 Å². The summed E-state index contributed by atoms with van der Waals surface area (Å²) in [5.41, 5.74) is 2.37. The van der Waals surface area contributed by atoms with E-state index in [9.17, 15) is 4.79 Å². The van der Waals surface area contributed by atoms with Gasteiger partial charge in [-0.2, -0.15) is 5.10 Å². The van der Waals surface area contributed by atoms with Gasteiger partial charge in [0.2, 0.25) is 5.88 Å². The molecule has 28 heavy (non-hydrogen) atoms. The van der Waals surface area contributed by atoms with Crippen molar-refractivity contribution in [2.75, 3.05) is 25.6 Å². The van der Waals surface area contributed by atoms with Gasteiger partial charge >= 0.3 is 0 Å². The molecule has 9 heteroatoms. The molecule has 0 radical (unpaired) electrons. The van der Waals surface area contributed by atoms with Crippen LogP contribution in [-0.4, -0.2) is 46.0 Å². The summed E-state index contributed by atoms with van der Waals surface area (Å²) in [5, 5.41) is 7.36. The molecule has 3 rings (SSSR count). The number of pyridine rings is 2. The number of anilines is 1. The van der Waals surface area contributed by atoms with Crippen LogP contribution >= 0.6 is 11.6 Å². The maximum absolute atomic E-state index is 12.6. The Kier molecular flexibility index (Phi) is 6.23. The molecule has 3 aromatic rings. The lowest BCUT2D eigenvalue weighted by Crippen LogP contribution is -2.16. The van der Waals surface area contributed by atoms with Crippen molar-refractivity contribution in [3.8, 4) is 11.7 Å². The molecule has 0 saturated heterocycles. The lowest BCUT2D eigenvalue weighted by atomic mass is 10.3. The zero-order valence-corrected chi connectivity index (χ0v) is 16.5. The van der Waals surface area contributed by atoms with Crippen LogP contribution in [0.15, 0.2) is 36.5 Å². The molecule has 1 N–H and O–H groups in total. The molecular weight excluding hydrogens is 382 g/mol. The molecule has 0 bridgehead atoms. The zero-order valence-electron chi connectivity index (χ0n) is 15.8. The number of carbonyl (C=O) groups excluding carboxylic acids is 1. The molecule has 1 amide bonds. The quantitative estimate of drug-likeness (QED) is 0.611. The summed E-state index contributed by atoms with van der Waals surface area (Å²) < 4.78 is 12.0. The van der Waals surface area contributed by atoms with E-state index in [0.29, 0.717) is 30.6 Å². The van der Waals surface area contributed by atoms with Crippen LogP contribution in [0.25, 0.3) is 5.82 Å². The summed E-state index contributed by atoms with van der Waals surface area (Å²) in [6, 6.07) is 8.61. The summed E-state index contributed by atoms with van der Waals surface area (Å²) in [4.78, 5) is 21.2. The molecule has 0 fully saturated rings. The summed E-state index contributed by atoms with van der Waals surface area (Å²) in [5.74, 6) is 0.515. The second-order valence-corrected chi connectivity index (χ2v) is 6.43. The number of hydrogen-bond acceptors (Lipinski definition) is 6. The highest BCUT2D eigenvalue weighted by molar-refractivity contribution is 6.34. The monoisotopic (exact) mass is 401 g/mol. The number of ether oxygens (including phenoxy) is 2. The lowest BCUT2D eigenvalue weighted by Gasteiger charge is -2.10. The van der Waals surface area contributed by atoms with Crippen LogP contribution < -0.4 is 10.1 Å². The van der Waals surface area contributed by atoms with Gasteiger partial charge in [0.1, 0.15) is 12.3 Å². The maximum atomic E-state index is 12.6. The highest BCUT2D eigenvalue weighted by Crippen LogP contribution is 2.20. The summed E-state index contributed by atoms with van der Waals surface area (Å²) >= 11 is 6.19. The average molecular weight is 402 g/mol. The molecule has 0 aromatic carbocycles. The van der Waals surface area contributed by atoms with Gasteiger partial charge in [-0.15, -0.1) is 0 Å². The van der Waals surface area contributed by atoms with Crippen LogP contribution in [0.1, 0.15) is 21.9 Å². The standard InChI is InChI=1S/C19H20ClN5O3/c1-12-10-13(2)25(24-12)16-6-5-15(20)18(23-16)19(26)22-14-4-7-17(21-11-14)28-9-8-27-3/h4-7,10-11H,8-9H2,1-3H3,(H,22,26). The number of nitrogens with one attached hydrogen (secondary N) is 1. The number of carbonyl (C=O) groups is 1. The molecular formula is C19H20ClN5O3. The van der Waals surface area contributed by atoms with Gasteiger partial charge in [0.25, 0.3) is 5.91 Å². The molecule has 0 saturated carbocycles. The first-order chi connectivity index (χ1) is 13.5. The van der Waals surface area contributed by atoms with Gasteiger partial charge in [-0.05, 0) is 38.1 Å². The molecule has 0 aliphatic carbocycles. The second-order valence-electron chi connectivity index (χ2n) is 6.02. The number of aromatic nitrogens is 4. The minimum absolute atomic E-state index is 0.104. The fourth-order valence-corrected chi connectivity index (χ4v) is 2.72. The van der Waals surface area contributed by atoms with Crippen molar-refractivity contribution in [2.24, 2.45) is 0 Å². The first kappa shape index (κ1) is 19.8. The molecule has 0 atom stereocenters. The van der Waals surface area contributed by atoms with E-state index in [1.54, 1.807) is 36.1 Å². The van der Waals surface area contributed by atoms with Crippen molar-refractivity contribution in [2.45, 2.75) is 13.8 Å². The van der Waals surface area contributed by atoms with E-state index in [4.69, 9.17) is 21.1 Å². The van der Waals surface area contributed by atoms with E-state index in [2.05, 4.69) is 20.4 Å². The van der Waals surface area contributed by atoms with E-state index in [0.717, 1.165) is 11.4 Å². The Bertz CT molecular complexity index is 972. The van der Waals surface area contributed by atoms with Gasteiger partial charge < -0.3 is 14.8 Å². The van der Waals surface area contributed by atoms with E-state index < -0.39 is 5.91 Å². The van der Waals surface area contributed by atoms with Gasteiger partial charge in [0.15, 0.2) is 5.82 Å². The first-order valence-corrected chi connectivity index (χ1v) is 8.95. The first-order valence-electron chi connectivity index (χ1n) is 8.57. The van der Waals surface area contributed by atoms with Gasteiger partial charge in [-0.3, -0.25) is 4.79 Å². The molecule has 0 aliphatic heterocycles. The van der Waals surface area contributed by atoms with E-state index in [1.165, 1.54) is 6.20 Å². The SMILES string of the molecule is COCCOc1ccc(NC(=O)c2nc(-n3nc(C)cc3C)ccc2Cl)cn1. The van der Waals surface area contributed by atoms with Crippen LogP contribution in [0.5, 0.6) is 5.88 Å². The number of nitrogens with zero attached hydrogens (tertiary/aromatic N) is 4. The van der Waals surface area contributed by atoms with E-state index in [1.807, 2.05) is 19.9 Å². The highest BCUT2D eigenvalue weighted by atomic mass is 35.5. The largest absolute Gasteiger partial charge is 0.475 e. The van der Waals surface area contributed by atoms with Gasteiger partial charge in [0.05, 0.1) is 29.2 Å². The third-order valence-electron chi connectivity index (χ3n) is 3.80. The molecule has 3 heterocycles. The number of rotatable bonds is 7. The van der Waals surface area contributed by atoms with E-state index in [-0.39, 0.29) is 10.7 Å². The Balaban J connectivity index is 1.75. The number of hydrogen-bond donors (Lipinski definition) is 1. The predicted molar refractivity (Wildman–Crippen MR) is 105 cm³/mol. The molecule has 8 nitrogen and oxygen atoms in total. The van der Waals surface area contributed by atoms with Gasteiger partial charge in [-0.25, -0.2) is 14.6 Å². The molecule has 3 aromatic heterocycles. The normalized spacial score (nSPS) is 10.7. The third-order valence-corrected chi connectivity index (χ3v) is 4.11. The number of halogens is 1. The summed E-state index contributed by atoms with van der Waals surface area (Å²) in [7, 11) is 1.60. The molecule has 0 aliphatic rings. The van der Waals surface area contributed by atoms with Crippen molar-refractivity contribution >= 4 is 23.2 Å². The summed E-state index contributed by atoms with van der Waals surface area (Å²) in [6.45, 7) is 4.67. The van der Waals surface area contributed by atoms with Crippen LogP contribution in [0.4, 0.5) is 5.69 Å². The Hall–Kier alpha value is -2.97. The highest BCUT2D eigenvalue weighted by Gasteiger charge is 2.16. The van der Waals surface area contributed by atoms with Crippen LogP contribution in [0.2, 0.25) is 5.02 Å². The Morgan fingerprint density at radius 3 is 2.68 bits per heavy atom. The molecule has 146 valence electrons. The topological polar surface area (TPSA) is 91.2 Å². The van der Waals surface area contributed by atoms with Crippen molar-refractivity contribution in [1.82, 2.24) is 19.7 Å². The van der Waals surface area contributed by atoms with Crippen molar-refractivity contribution in [1.29, 1.82) is 0 Å². The van der Waals surface area contributed by atoms with Gasteiger partial charge in [0, 0.05) is 18.9 Å². The average Bonchev–Trinajstić information content (AvgIpc) is 3.02. The van der Waals surface area contributed by atoms with Crippen LogP contribution in [0.3, 0.4) is 0 Å². The number of methoxy groups -OCH3 is 1. The number of aryl methyl sites for hydroxylation is 2.